The van der Waals surface area contributed by atoms with Crippen LogP contribution in [0, 0.1) is 20.8 Å². The van der Waals surface area contributed by atoms with Crippen LogP contribution in [0.25, 0.3) is 17.0 Å². The van der Waals surface area contributed by atoms with Gasteiger partial charge in [0.05, 0.1) is 5.52 Å². The number of hydrogen-bond donors (Lipinski definition) is 1. The van der Waals surface area contributed by atoms with Gasteiger partial charge in [-0.05, 0) is 44.0 Å². The first-order valence-corrected chi connectivity index (χ1v) is 9.00. The number of ether oxygens (including phenoxy) is 1. The third-order valence-electron chi connectivity index (χ3n) is 4.35. The SMILES string of the molecule is Cc1cc(C)c(NC(=O)COC(=O)/C=C/c2cccc3cccnc23)c(C)c1. The number of nitrogens with one attached hydrogen (secondary N) is 1. The summed E-state index contributed by atoms with van der Waals surface area (Å²) in [5.41, 5.74) is 5.44. The van der Waals surface area contributed by atoms with E-state index in [1.165, 1.54) is 6.08 Å². The lowest BCUT2D eigenvalue weighted by Gasteiger charge is -2.12. The van der Waals surface area contributed by atoms with Gasteiger partial charge in [0.25, 0.3) is 5.91 Å². The molecule has 0 aliphatic rings. The number of carbonyl (C=O) groups excluding carboxylic acids is 2. The zero-order valence-corrected chi connectivity index (χ0v) is 16.2. The van der Waals surface area contributed by atoms with Gasteiger partial charge in [-0.1, -0.05) is 42.0 Å². The molecule has 0 radical (unpaired) electrons. The molecule has 28 heavy (non-hydrogen) atoms. The molecule has 0 aliphatic carbocycles. The summed E-state index contributed by atoms with van der Waals surface area (Å²) in [6.07, 6.45) is 4.65. The van der Waals surface area contributed by atoms with Crippen LogP contribution in [-0.2, 0) is 14.3 Å². The van der Waals surface area contributed by atoms with Crippen LogP contribution >= 0.6 is 0 Å². The van der Waals surface area contributed by atoms with Gasteiger partial charge < -0.3 is 10.1 Å². The fourth-order valence-corrected chi connectivity index (χ4v) is 3.16. The number of carbonyl (C=O) groups is 2. The predicted molar refractivity (Wildman–Crippen MR) is 111 cm³/mol. The number of fused-ring (bicyclic) bond motifs is 1. The molecule has 1 N–H and O–H groups in total. The molecule has 0 unspecified atom stereocenters. The van der Waals surface area contributed by atoms with Crippen molar-refractivity contribution >= 4 is 34.5 Å². The van der Waals surface area contributed by atoms with Crippen molar-refractivity contribution in [3.8, 4) is 0 Å². The number of aryl methyl sites for hydroxylation is 3. The summed E-state index contributed by atoms with van der Waals surface area (Å²) in [5.74, 6) is -0.955. The second-order valence-electron chi connectivity index (χ2n) is 6.69. The first kappa shape index (κ1) is 19.3. The molecule has 0 aliphatic heterocycles. The fourth-order valence-electron chi connectivity index (χ4n) is 3.16. The first-order chi connectivity index (χ1) is 13.4. The number of para-hydroxylation sites is 1. The maximum absolute atomic E-state index is 12.1. The van der Waals surface area contributed by atoms with E-state index in [-0.39, 0.29) is 12.5 Å². The van der Waals surface area contributed by atoms with Crippen molar-refractivity contribution in [2.24, 2.45) is 0 Å². The van der Waals surface area contributed by atoms with Gasteiger partial charge >= 0.3 is 5.97 Å². The Kier molecular flexibility index (Phi) is 5.84. The average Bonchev–Trinajstić information content (AvgIpc) is 2.67. The molecular weight excluding hydrogens is 352 g/mol. The van der Waals surface area contributed by atoms with Crippen molar-refractivity contribution in [3.63, 3.8) is 0 Å². The Morgan fingerprint density at radius 2 is 1.79 bits per heavy atom. The minimum Gasteiger partial charge on any atom is -0.452 e. The minimum absolute atomic E-state index is 0.344. The fraction of sp³-hybridized carbons (Fsp3) is 0.174. The molecule has 3 rings (SSSR count). The van der Waals surface area contributed by atoms with E-state index < -0.39 is 5.97 Å². The Labute approximate surface area is 164 Å². The Bertz CT molecular complexity index is 1040. The Morgan fingerprint density at radius 1 is 1.07 bits per heavy atom. The van der Waals surface area contributed by atoms with Gasteiger partial charge in [0.2, 0.25) is 0 Å². The number of anilines is 1. The number of hydrogen-bond acceptors (Lipinski definition) is 4. The highest BCUT2D eigenvalue weighted by atomic mass is 16.5. The number of nitrogens with zero attached hydrogens (tertiary/aromatic N) is 1. The molecule has 1 amide bonds. The number of benzene rings is 2. The van der Waals surface area contributed by atoms with E-state index >= 15 is 0 Å². The van der Waals surface area contributed by atoms with E-state index in [0.29, 0.717) is 0 Å². The van der Waals surface area contributed by atoms with Crippen molar-refractivity contribution in [2.75, 3.05) is 11.9 Å². The van der Waals surface area contributed by atoms with E-state index in [2.05, 4.69) is 10.3 Å². The third-order valence-corrected chi connectivity index (χ3v) is 4.35. The molecular formula is C23H22N2O3. The molecule has 0 spiro atoms. The molecule has 0 atom stereocenters. The van der Waals surface area contributed by atoms with E-state index in [9.17, 15) is 9.59 Å². The van der Waals surface area contributed by atoms with Crippen LogP contribution in [0.4, 0.5) is 5.69 Å². The summed E-state index contributed by atoms with van der Waals surface area (Å²) < 4.78 is 5.06. The molecule has 1 heterocycles. The van der Waals surface area contributed by atoms with Crippen LogP contribution in [0.2, 0.25) is 0 Å². The van der Waals surface area contributed by atoms with E-state index in [1.807, 2.05) is 63.2 Å². The molecule has 2 aromatic carbocycles. The van der Waals surface area contributed by atoms with Crippen LogP contribution in [0.3, 0.4) is 0 Å². The summed E-state index contributed by atoms with van der Waals surface area (Å²) in [4.78, 5) is 28.4. The lowest BCUT2D eigenvalue weighted by atomic mass is 10.1. The van der Waals surface area contributed by atoms with E-state index in [1.54, 1.807) is 12.3 Å². The summed E-state index contributed by atoms with van der Waals surface area (Å²) in [6.45, 7) is 5.53. The maximum atomic E-state index is 12.1. The van der Waals surface area contributed by atoms with Gasteiger partial charge in [0.15, 0.2) is 6.61 Å². The normalized spacial score (nSPS) is 11.0. The van der Waals surface area contributed by atoms with Gasteiger partial charge in [0.1, 0.15) is 0 Å². The standard InChI is InChI=1S/C23H22N2O3/c1-15-12-16(2)22(17(3)13-15)25-20(26)14-28-21(27)10-9-19-7-4-6-18-8-5-11-24-23(18)19/h4-13H,14H2,1-3H3,(H,25,26)/b10-9+. The molecule has 5 nitrogen and oxygen atoms in total. The zero-order chi connectivity index (χ0) is 20.1. The van der Waals surface area contributed by atoms with Crippen LogP contribution in [-0.4, -0.2) is 23.5 Å². The topological polar surface area (TPSA) is 68.3 Å². The molecule has 1 aromatic heterocycles. The first-order valence-electron chi connectivity index (χ1n) is 9.00. The van der Waals surface area contributed by atoms with E-state index in [4.69, 9.17) is 4.74 Å². The van der Waals surface area contributed by atoms with Crippen molar-refractivity contribution in [2.45, 2.75) is 20.8 Å². The van der Waals surface area contributed by atoms with Gasteiger partial charge in [-0.25, -0.2) is 4.79 Å². The number of esters is 1. The summed E-state index contributed by atoms with van der Waals surface area (Å²) >= 11 is 0. The molecule has 0 saturated carbocycles. The van der Waals surface area contributed by atoms with Crippen molar-refractivity contribution in [3.05, 3.63) is 77.0 Å². The Hall–Kier alpha value is -3.47. The van der Waals surface area contributed by atoms with Gasteiger partial charge in [-0.15, -0.1) is 0 Å². The van der Waals surface area contributed by atoms with Crippen LogP contribution in [0.5, 0.6) is 0 Å². The lowest BCUT2D eigenvalue weighted by molar-refractivity contribution is -0.142. The van der Waals surface area contributed by atoms with Gasteiger partial charge in [-0.2, -0.15) is 0 Å². The number of amides is 1. The molecule has 5 heteroatoms. The van der Waals surface area contributed by atoms with Crippen molar-refractivity contribution in [1.29, 1.82) is 0 Å². The van der Waals surface area contributed by atoms with Gasteiger partial charge in [0, 0.05) is 28.9 Å². The van der Waals surface area contributed by atoms with Crippen LogP contribution < -0.4 is 5.32 Å². The van der Waals surface area contributed by atoms with Gasteiger partial charge in [-0.3, -0.25) is 9.78 Å². The monoisotopic (exact) mass is 374 g/mol. The van der Waals surface area contributed by atoms with Crippen LogP contribution in [0.15, 0.2) is 54.7 Å². The second kappa shape index (κ2) is 8.48. The highest BCUT2D eigenvalue weighted by molar-refractivity contribution is 5.96. The second-order valence-corrected chi connectivity index (χ2v) is 6.69. The number of rotatable bonds is 5. The minimum atomic E-state index is -0.583. The molecule has 3 aromatic rings. The summed E-state index contributed by atoms with van der Waals surface area (Å²) in [6, 6.07) is 13.5. The number of aromatic nitrogens is 1. The smallest absolute Gasteiger partial charge is 0.331 e. The van der Waals surface area contributed by atoms with E-state index in [0.717, 1.165) is 38.8 Å². The van der Waals surface area contributed by atoms with Crippen molar-refractivity contribution < 1.29 is 14.3 Å². The summed E-state index contributed by atoms with van der Waals surface area (Å²) in [7, 11) is 0. The Balaban J connectivity index is 1.60. The predicted octanol–water partition coefficient (Wildman–Crippen LogP) is 4.36. The van der Waals surface area contributed by atoms with Crippen molar-refractivity contribution in [1.82, 2.24) is 4.98 Å². The quantitative estimate of drug-likeness (QED) is 0.532. The average molecular weight is 374 g/mol. The molecule has 142 valence electrons. The maximum Gasteiger partial charge on any atom is 0.331 e. The highest BCUT2D eigenvalue weighted by Crippen LogP contribution is 2.22. The summed E-state index contributed by atoms with van der Waals surface area (Å²) in [5, 5.41) is 3.80. The van der Waals surface area contributed by atoms with Crippen LogP contribution in [0.1, 0.15) is 22.3 Å². The molecule has 0 bridgehead atoms. The highest BCUT2D eigenvalue weighted by Gasteiger charge is 2.10. The largest absolute Gasteiger partial charge is 0.452 e. The Morgan fingerprint density at radius 3 is 2.54 bits per heavy atom. The third kappa shape index (κ3) is 4.62. The number of pyridine rings is 1. The zero-order valence-electron chi connectivity index (χ0n) is 16.2. The lowest BCUT2D eigenvalue weighted by Crippen LogP contribution is -2.21. The molecule has 0 fully saturated rings. The molecule has 0 saturated heterocycles.